The van der Waals surface area contributed by atoms with E-state index in [0.717, 1.165) is 16.7 Å². The quantitative estimate of drug-likeness (QED) is 0.720. The van der Waals surface area contributed by atoms with Crippen LogP contribution >= 0.6 is 0 Å². The first-order chi connectivity index (χ1) is 12.6. The Morgan fingerprint density at radius 2 is 1.77 bits per heavy atom. The van der Waals surface area contributed by atoms with Crippen LogP contribution in [0.3, 0.4) is 0 Å². The summed E-state index contributed by atoms with van der Waals surface area (Å²) in [5.41, 5.74) is 3.48. The summed E-state index contributed by atoms with van der Waals surface area (Å²) in [6, 6.07) is 17.5. The lowest BCUT2D eigenvalue weighted by atomic mass is 10.0. The van der Waals surface area contributed by atoms with Crippen molar-refractivity contribution >= 4 is 17.7 Å². The molecule has 6 heteroatoms. The topological polar surface area (TPSA) is 72.7 Å². The predicted octanol–water partition coefficient (Wildman–Crippen LogP) is 3.17. The molecule has 1 N–H and O–H groups in total. The number of carbonyl (C=O) groups excluding carboxylic acids is 1. The summed E-state index contributed by atoms with van der Waals surface area (Å²) in [6.45, 7) is 5.76. The second kappa shape index (κ2) is 7.74. The van der Waals surface area contributed by atoms with E-state index in [1.54, 1.807) is 13.0 Å². The van der Waals surface area contributed by atoms with Gasteiger partial charge in [-0.3, -0.25) is 4.79 Å². The number of hydrogen-bond acceptors (Lipinski definition) is 4. The zero-order chi connectivity index (χ0) is 18.5. The van der Waals surface area contributed by atoms with Crippen LogP contribution in [-0.4, -0.2) is 26.1 Å². The van der Waals surface area contributed by atoms with Crippen LogP contribution in [0.2, 0.25) is 0 Å². The Balaban J connectivity index is 1.92. The monoisotopic (exact) mass is 347 g/mol. The van der Waals surface area contributed by atoms with Crippen LogP contribution in [0.25, 0.3) is 11.8 Å². The van der Waals surface area contributed by atoms with Crippen LogP contribution in [0.15, 0.2) is 54.6 Å². The molecule has 0 fully saturated rings. The van der Waals surface area contributed by atoms with Crippen molar-refractivity contribution in [3.63, 3.8) is 0 Å². The molecule has 0 radical (unpaired) electrons. The minimum Gasteiger partial charge on any atom is -0.344 e. The van der Waals surface area contributed by atoms with Crippen molar-refractivity contribution in [2.75, 3.05) is 0 Å². The van der Waals surface area contributed by atoms with Gasteiger partial charge >= 0.3 is 0 Å². The van der Waals surface area contributed by atoms with E-state index >= 15 is 0 Å². The molecule has 6 nitrogen and oxygen atoms in total. The van der Waals surface area contributed by atoms with E-state index in [9.17, 15) is 4.79 Å². The van der Waals surface area contributed by atoms with E-state index in [1.165, 1.54) is 4.68 Å². The fourth-order valence-corrected chi connectivity index (χ4v) is 2.81. The molecule has 1 atom stereocenters. The Kier molecular flexibility index (Phi) is 5.22. The number of amides is 1. The molecule has 0 unspecified atom stereocenters. The Bertz CT molecular complexity index is 930. The van der Waals surface area contributed by atoms with Gasteiger partial charge in [-0.1, -0.05) is 54.6 Å². The Morgan fingerprint density at radius 3 is 2.42 bits per heavy atom. The van der Waals surface area contributed by atoms with Crippen LogP contribution in [0.5, 0.6) is 0 Å². The second-order valence-electron chi connectivity index (χ2n) is 6.13. The first-order valence-electron chi connectivity index (χ1n) is 8.45. The van der Waals surface area contributed by atoms with Gasteiger partial charge < -0.3 is 5.32 Å². The first kappa shape index (κ1) is 17.5. The third-order valence-electron chi connectivity index (χ3n) is 4.19. The molecule has 1 aromatic heterocycles. The molecule has 0 aliphatic carbocycles. The smallest absolute Gasteiger partial charge is 0.270 e. The van der Waals surface area contributed by atoms with Crippen molar-refractivity contribution in [3.05, 3.63) is 77.1 Å². The van der Waals surface area contributed by atoms with Crippen molar-refractivity contribution in [2.24, 2.45) is 0 Å². The number of nitrogens with zero attached hydrogens (tertiary/aromatic N) is 4. The van der Waals surface area contributed by atoms with Gasteiger partial charge in [-0.25, -0.2) is 0 Å². The van der Waals surface area contributed by atoms with Gasteiger partial charge in [0, 0.05) is 0 Å². The molecule has 0 bridgehead atoms. The number of hydrogen-bond donors (Lipinski definition) is 1. The highest BCUT2D eigenvalue weighted by Crippen LogP contribution is 2.19. The Labute approximate surface area is 152 Å². The maximum Gasteiger partial charge on any atom is 0.270 e. The molecule has 0 aliphatic rings. The molecule has 3 aromatic rings. The van der Waals surface area contributed by atoms with Gasteiger partial charge in [-0.2, -0.15) is 4.68 Å². The van der Waals surface area contributed by atoms with E-state index < -0.39 is 0 Å². The molecule has 26 heavy (non-hydrogen) atoms. The maximum atomic E-state index is 13.0. The molecule has 0 saturated heterocycles. The minimum absolute atomic E-state index is 0.139. The summed E-state index contributed by atoms with van der Waals surface area (Å²) in [6.07, 6.45) is 1.78. The highest BCUT2D eigenvalue weighted by Gasteiger charge is 2.19. The number of rotatable bonds is 5. The van der Waals surface area contributed by atoms with E-state index in [-0.39, 0.29) is 11.9 Å². The van der Waals surface area contributed by atoms with E-state index in [2.05, 4.69) is 20.8 Å². The van der Waals surface area contributed by atoms with Crippen molar-refractivity contribution in [1.29, 1.82) is 0 Å². The summed E-state index contributed by atoms with van der Waals surface area (Å²) in [5, 5.41) is 14.6. The summed E-state index contributed by atoms with van der Waals surface area (Å²) in [7, 11) is 0. The molecule has 3 rings (SSSR count). The van der Waals surface area contributed by atoms with Gasteiger partial charge in [-0.15, -0.1) is 5.10 Å². The standard InChI is InChI=1S/C20H21N5O/c1-14-9-7-8-12-18(14)15(2)21-20(26)19(25-16(3)22-23-24-25)13-17-10-5-4-6-11-17/h4-13,15H,1-3H3,(H,21,26)/b19-13-/t15-/m1/s1. The summed E-state index contributed by atoms with van der Waals surface area (Å²) < 4.78 is 1.45. The minimum atomic E-state index is -0.236. The van der Waals surface area contributed by atoms with Gasteiger partial charge in [0.25, 0.3) is 5.91 Å². The Hall–Kier alpha value is -3.28. The molecule has 0 spiro atoms. The summed E-state index contributed by atoms with van der Waals surface area (Å²) >= 11 is 0. The average Bonchev–Trinajstić information content (AvgIpc) is 3.06. The number of carbonyl (C=O) groups is 1. The fourth-order valence-electron chi connectivity index (χ4n) is 2.81. The predicted molar refractivity (Wildman–Crippen MR) is 101 cm³/mol. The SMILES string of the molecule is Cc1ccccc1[C@@H](C)NC(=O)/C(=C/c1ccccc1)n1nnnc1C. The van der Waals surface area contributed by atoms with Gasteiger partial charge in [-0.05, 0) is 54.0 Å². The number of nitrogens with one attached hydrogen (secondary N) is 1. The summed E-state index contributed by atoms with van der Waals surface area (Å²) in [4.78, 5) is 13.0. The Morgan fingerprint density at radius 1 is 1.08 bits per heavy atom. The molecule has 1 heterocycles. The number of aromatic nitrogens is 4. The fraction of sp³-hybridized carbons (Fsp3) is 0.200. The van der Waals surface area contributed by atoms with Crippen LogP contribution in [-0.2, 0) is 4.79 Å². The van der Waals surface area contributed by atoms with Crippen molar-refractivity contribution in [2.45, 2.75) is 26.8 Å². The van der Waals surface area contributed by atoms with Gasteiger partial charge in [0.05, 0.1) is 6.04 Å². The lowest BCUT2D eigenvalue weighted by Crippen LogP contribution is -2.30. The van der Waals surface area contributed by atoms with E-state index in [1.807, 2.05) is 68.4 Å². The number of tetrazole rings is 1. The second-order valence-corrected chi connectivity index (χ2v) is 6.13. The van der Waals surface area contributed by atoms with Crippen LogP contribution < -0.4 is 5.32 Å². The van der Waals surface area contributed by atoms with Gasteiger partial charge in [0.2, 0.25) is 0 Å². The highest BCUT2D eigenvalue weighted by molar-refractivity contribution is 6.18. The average molecular weight is 347 g/mol. The van der Waals surface area contributed by atoms with Crippen molar-refractivity contribution in [3.8, 4) is 0 Å². The normalized spacial score (nSPS) is 12.7. The zero-order valence-electron chi connectivity index (χ0n) is 15.0. The van der Waals surface area contributed by atoms with Crippen LogP contribution in [0.4, 0.5) is 0 Å². The van der Waals surface area contributed by atoms with Gasteiger partial charge in [0.1, 0.15) is 5.70 Å². The molecule has 0 saturated carbocycles. The van der Waals surface area contributed by atoms with Gasteiger partial charge in [0.15, 0.2) is 5.82 Å². The molecule has 132 valence electrons. The molecule has 1 amide bonds. The number of aryl methyl sites for hydroxylation is 2. The zero-order valence-corrected chi connectivity index (χ0v) is 15.0. The van der Waals surface area contributed by atoms with Crippen molar-refractivity contribution in [1.82, 2.24) is 25.5 Å². The van der Waals surface area contributed by atoms with Crippen LogP contribution in [0, 0.1) is 13.8 Å². The van der Waals surface area contributed by atoms with E-state index in [4.69, 9.17) is 0 Å². The largest absolute Gasteiger partial charge is 0.344 e. The number of benzene rings is 2. The first-order valence-corrected chi connectivity index (χ1v) is 8.45. The summed E-state index contributed by atoms with van der Waals surface area (Å²) in [5.74, 6) is 0.311. The third-order valence-corrected chi connectivity index (χ3v) is 4.19. The third kappa shape index (κ3) is 3.85. The lowest BCUT2D eigenvalue weighted by Gasteiger charge is -2.18. The van der Waals surface area contributed by atoms with E-state index in [0.29, 0.717) is 11.5 Å². The maximum absolute atomic E-state index is 13.0. The molecule has 0 aliphatic heterocycles. The molecule has 2 aromatic carbocycles. The molecular weight excluding hydrogens is 326 g/mol. The highest BCUT2D eigenvalue weighted by atomic mass is 16.2. The molecular formula is C20H21N5O. The lowest BCUT2D eigenvalue weighted by molar-refractivity contribution is -0.116. The van der Waals surface area contributed by atoms with Crippen LogP contribution in [0.1, 0.15) is 35.5 Å². The van der Waals surface area contributed by atoms with Crippen molar-refractivity contribution < 1.29 is 4.79 Å².